The summed E-state index contributed by atoms with van der Waals surface area (Å²) < 4.78 is 0. The van der Waals surface area contributed by atoms with E-state index in [9.17, 15) is 9.90 Å². The first-order chi connectivity index (χ1) is 12.0. The van der Waals surface area contributed by atoms with Gasteiger partial charge in [-0.15, -0.1) is 0 Å². The number of aryl methyl sites for hydroxylation is 1. The van der Waals surface area contributed by atoms with Gasteiger partial charge < -0.3 is 10.4 Å². The third-order valence-corrected chi connectivity index (χ3v) is 4.07. The molecule has 1 heterocycles. The van der Waals surface area contributed by atoms with Gasteiger partial charge in [0.15, 0.2) is 5.78 Å². The Morgan fingerprint density at radius 2 is 1.76 bits per heavy atom. The molecular weight excluding hydrogens is 314 g/mol. The molecule has 0 saturated heterocycles. The Bertz CT molecular complexity index is 937. The van der Waals surface area contributed by atoms with Crippen molar-refractivity contribution >= 4 is 17.4 Å². The zero-order valence-corrected chi connectivity index (χ0v) is 14.4. The lowest BCUT2D eigenvalue weighted by molar-refractivity contribution is 0.101. The summed E-state index contributed by atoms with van der Waals surface area (Å²) in [5.74, 6) is 0.273. The molecule has 2 aromatic carbocycles. The van der Waals surface area contributed by atoms with E-state index in [4.69, 9.17) is 0 Å². The highest BCUT2D eigenvalue weighted by Crippen LogP contribution is 2.29. The third kappa shape index (κ3) is 3.50. The average Bonchev–Trinajstić information content (AvgIpc) is 2.59. The molecule has 0 spiro atoms. The van der Waals surface area contributed by atoms with Gasteiger partial charge in [0, 0.05) is 16.9 Å². The second-order valence-electron chi connectivity index (χ2n) is 5.89. The number of phenols is 1. The Morgan fingerprint density at radius 1 is 1.04 bits per heavy atom. The Kier molecular flexibility index (Phi) is 4.48. The van der Waals surface area contributed by atoms with Crippen molar-refractivity contribution in [2.75, 3.05) is 5.32 Å². The summed E-state index contributed by atoms with van der Waals surface area (Å²) in [6, 6.07) is 14.6. The molecule has 5 heteroatoms. The Hall–Kier alpha value is -3.21. The van der Waals surface area contributed by atoms with Gasteiger partial charge in [0.05, 0.1) is 11.3 Å². The number of phenolic OH excluding ortho intramolecular Hbond substituents is 1. The fraction of sp³-hybridized carbons (Fsp3) is 0.150. The summed E-state index contributed by atoms with van der Waals surface area (Å²) in [7, 11) is 0. The zero-order valence-electron chi connectivity index (χ0n) is 14.4. The first kappa shape index (κ1) is 16.6. The van der Waals surface area contributed by atoms with Gasteiger partial charge >= 0.3 is 0 Å². The molecule has 0 unspecified atom stereocenters. The van der Waals surface area contributed by atoms with E-state index in [1.54, 1.807) is 12.1 Å². The van der Waals surface area contributed by atoms with E-state index in [0.717, 1.165) is 28.2 Å². The van der Waals surface area contributed by atoms with E-state index < -0.39 is 0 Å². The van der Waals surface area contributed by atoms with Gasteiger partial charge in [0.2, 0.25) is 5.95 Å². The van der Waals surface area contributed by atoms with E-state index in [-0.39, 0.29) is 17.1 Å². The Labute approximate surface area is 146 Å². The summed E-state index contributed by atoms with van der Waals surface area (Å²) in [5.41, 5.74) is 4.45. The number of hydrogen-bond donors (Lipinski definition) is 2. The maximum atomic E-state index is 11.7. The number of hydrogen-bond acceptors (Lipinski definition) is 5. The van der Waals surface area contributed by atoms with Crippen LogP contribution in [0.3, 0.4) is 0 Å². The fourth-order valence-electron chi connectivity index (χ4n) is 2.58. The molecule has 0 bridgehead atoms. The predicted molar refractivity (Wildman–Crippen MR) is 98.3 cm³/mol. The highest BCUT2D eigenvalue weighted by Gasteiger charge is 2.14. The highest BCUT2D eigenvalue weighted by atomic mass is 16.3. The van der Waals surface area contributed by atoms with Crippen molar-refractivity contribution in [1.82, 2.24) is 9.97 Å². The molecule has 1 aromatic heterocycles. The van der Waals surface area contributed by atoms with Gasteiger partial charge in [-0.1, -0.05) is 18.2 Å². The number of carbonyl (C=O) groups excluding carboxylic acids is 1. The number of aromatic hydroxyl groups is 1. The van der Waals surface area contributed by atoms with Crippen LogP contribution in [0.1, 0.15) is 28.5 Å². The number of aromatic nitrogens is 2. The molecular formula is C20H19N3O2. The number of rotatable bonds is 4. The van der Waals surface area contributed by atoms with Crippen LogP contribution < -0.4 is 5.32 Å². The lowest BCUT2D eigenvalue weighted by Crippen LogP contribution is -2.03. The molecule has 2 N–H and O–H groups in total. The number of anilines is 2. The second kappa shape index (κ2) is 6.73. The van der Waals surface area contributed by atoms with Gasteiger partial charge in [-0.25, -0.2) is 9.97 Å². The summed E-state index contributed by atoms with van der Waals surface area (Å²) in [6.45, 7) is 5.29. The van der Waals surface area contributed by atoms with Crippen molar-refractivity contribution in [2.45, 2.75) is 20.8 Å². The number of para-hydroxylation sites is 1. The van der Waals surface area contributed by atoms with Crippen LogP contribution in [0, 0.1) is 13.8 Å². The summed E-state index contributed by atoms with van der Waals surface area (Å²) in [4.78, 5) is 20.8. The van der Waals surface area contributed by atoms with E-state index in [0.29, 0.717) is 5.95 Å². The monoisotopic (exact) mass is 333 g/mol. The number of Topliss-reactive ketones (excluding diaryl/α,β-unsaturated/α-hetero) is 1. The lowest BCUT2D eigenvalue weighted by atomic mass is 10.0. The molecule has 0 aliphatic rings. The van der Waals surface area contributed by atoms with Crippen LogP contribution in [0.25, 0.3) is 11.3 Å². The maximum absolute atomic E-state index is 11.7. The van der Waals surface area contributed by atoms with Gasteiger partial charge in [-0.3, -0.25) is 4.79 Å². The standard InChI is InChI=1S/C20H19N3O2/c1-12-13(2)21-20(22-16-7-5-4-6-8-16)23-19(12)15-9-10-18(25)17(11-15)14(3)24/h4-11,25H,1-3H3,(H,21,22,23). The Balaban J connectivity index is 2.07. The number of nitrogens with zero attached hydrogens (tertiary/aromatic N) is 2. The van der Waals surface area contributed by atoms with Crippen molar-refractivity contribution in [3.05, 3.63) is 65.4 Å². The fourth-order valence-corrected chi connectivity index (χ4v) is 2.58. The first-order valence-electron chi connectivity index (χ1n) is 7.97. The lowest BCUT2D eigenvalue weighted by Gasteiger charge is -2.13. The molecule has 0 aliphatic carbocycles. The van der Waals surface area contributed by atoms with Gasteiger partial charge in [0.25, 0.3) is 0 Å². The van der Waals surface area contributed by atoms with Gasteiger partial charge in [-0.05, 0) is 56.7 Å². The van der Waals surface area contributed by atoms with E-state index in [2.05, 4.69) is 15.3 Å². The SMILES string of the molecule is CC(=O)c1cc(-c2nc(Nc3ccccc3)nc(C)c2C)ccc1O. The van der Waals surface area contributed by atoms with Crippen molar-refractivity contribution in [3.8, 4) is 17.0 Å². The number of nitrogens with one attached hydrogen (secondary N) is 1. The van der Waals surface area contributed by atoms with Crippen LogP contribution in [-0.2, 0) is 0 Å². The average molecular weight is 333 g/mol. The van der Waals surface area contributed by atoms with E-state index >= 15 is 0 Å². The smallest absolute Gasteiger partial charge is 0.228 e. The van der Waals surface area contributed by atoms with Crippen LogP contribution in [-0.4, -0.2) is 20.9 Å². The molecule has 0 radical (unpaired) electrons. The molecule has 126 valence electrons. The normalized spacial score (nSPS) is 10.5. The maximum Gasteiger partial charge on any atom is 0.228 e. The third-order valence-electron chi connectivity index (χ3n) is 4.07. The minimum Gasteiger partial charge on any atom is -0.507 e. The molecule has 0 saturated carbocycles. The van der Waals surface area contributed by atoms with E-state index in [1.807, 2.05) is 44.2 Å². The quantitative estimate of drug-likeness (QED) is 0.692. The molecule has 25 heavy (non-hydrogen) atoms. The molecule has 0 amide bonds. The molecule has 3 rings (SSSR count). The van der Waals surface area contributed by atoms with Crippen LogP contribution in [0.4, 0.5) is 11.6 Å². The molecule has 0 aliphatic heterocycles. The number of benzene rings is 2. The molecule has 3 aromatic rings. The Morgan fingerprint density at radius 3 is 2.44 bits per heavy atom. The largest absolute Gasteiger partial charge is 0.507 e. The van der Waals surface area contributed by atoms with Crippen LogP contribution in [0.5, 0.6) is 5.75 Å². The summed E-state index contributed by atoms with van der Waals surface area (Å²) in [5, 5.41) is 13.1. The molecule has 5 nitrogen and oxygen atoms in total. The number of carbonyl (C=O) groups is 1. The zero-order chi connectivity index (χ0) is 18.0. The minimum absolute atomic E-state index is 0.0256. The van der Waals surface area contributed by atoms with Gasteiger partial charge in [-0.2, -0.15) is 0 Å². The highest BCUT2D eigenvalue weighted by molar-refractivity contribution is 5.98. The van der Waals surface area contributed by atoms with Crippen LogP contribution >= 0.6 is 0 Å². The minimum atomic E-state index is -0.189. The predicted octanol–water partition coefficient (Wildman–Crippen LogP) is 4.41. The molecule has 0 fully saturated rings. The van der Waals surface area contributed by atoms with E-state index in [1.165, 1.54) is 13.0 Å². The van der Waals surface area contributed by atoms with Crippen molar-refractivity contribution in [1.29, 1.82) is 0 Å². The van der Waals surface area contributed by atoms with Crippen LogP contribution in [0.15, 0.2) is 48.5 Å². The van der Waals surface area contributed by atoms with Gasteiger partial charge in [0.1, 0.15) is 5.75 Å². The summed E-state index contributed by atoms with van der Waals surface area (Å²) in [6.07, 6.45) is 0. The van der Waals surface area contributed by atoms with Crippen LogP contribution in [0.2, 0.25) is 0 Å². The number of ketones is 1. The van der Waals surface area contributed by atoms with Crippen molar-refractivity contribution in [3.63, 3.8) is 0 Å². The topological polar surface area (TPSA) is 75.1 Å². The second-order valence-corrected chi connectivity index (χ2v) is 5.89. The molecule has 0 atom stereocenters. The van der Waals surface area contributed by atoms with Crippen molar-refractivity contribution < 1.29 is 9.90 Å². The summed E-state index contributed by atoms with van der Waals surface area (Å²) >= 11 is 0. The van der Waals surface area contributed by atoms with Crippen molar-refractivity contribution in [2.24, 2.45) is 0 Å². The first-order valence-corrected chi connectivity index (χ1v) is 7.97.